The number of piperazine rings is 1. The first-order chi connectivity index (χ1) is 18.1. The molecule has 11 heteroatoms. The molecule has 192 valence electrons. The Hall–Kier alpha value is -4.41. The van der Waals surface area contributed by atoms with Crippen molar-refractivity contribution in [2.24, 2.45) is 0 Å². The van der Waals surface area contributed by atoms with Crippen LogP contribution in [0.2, 0.25) is 0 Å². The number of amides is 1. The largest absolute Gasteiger partial charge is 0.497 e. The number of carbonyl (C=O) groups excluding carboxylic acids is 1. The van der Waals surface area contributed by atoms with Crippen molar-refractivity contribution in [3.8, 4) is 22.9 Å². The number of anilines is 1. The van der Waals surface area contributed by atoms with Gasteiger partial charge in [0.25, 0.3) is 5.91 Å². The number of ether oxygens (including phenoxy) is 3. The third kappa shape index (κ3) is 4.84. The monoisotopic (exact) mass is 503 g/mol. The second-order valence-corrected chi connectivity index (χ2v) is 8.38. The lowest BCUT2D eigenvalue weighted by Crippen LogP contribution is -2.49. The maximum Gasteiger partial charge on any atom is 0.254 e. The topological polar surface area (TPSA) is 108 Å². The van der Waals surface area contributed by atoms with Crippen LogP contribution in [-0.4, -0.2) is 82.3 Å². The molecule has 0 spiro atoms. The molecule has 0 aliphatic carbocycles. The second-order valence-electron chi connectivity index (χ2n) is 8.38. The highest BCUT2D eigenvalue weighted by atomic mass is 16.5. The highest BCUT2D eigenvalue weighted by molar-refractivity contribution is 5.95. The fourth-order valence-electron chi connectivity index (χ4n) is 4.37. The molecular weight excluding hydrogens is 474 g/mol. The number of hydrogen-bond acceptors (Lipinski definition) is 9. The maximum absolute atomic E-state index is 13.2. The molecule has 0 bridgehead atoms. The minimum Gasteiger partial charge on any atom is -0.497 e. The fraction of sp³-hybridized carbons (Fsp3) is 0.346. The van der Waals surface area contributed by atoms with E-state index in [0.29, 0.717) is 73.4 Å². The molecule has 2 aromatic carbocycles. The summed E-state index contributed by atoms with van der Waals surface area (Å²) in [4.78, 5) is 26.1. The molecular formula is C26H29N7O4. The Morgan fingerprint density at radius 1 is 0.946 bits per heavy atom. The van der Waals surface area contributed by atoms with E-state index in [1.165, 1.54) is 6.33 Å². The van der Waals surface area contributed by atoms with Crippen LogP contribution in [0.25, 0.3) is 16.9 Å². The third-order valence-corrected chi connectivity index (χ3v) is 6.17. The molecule has 1 aliphatic heterocycles. The zero-order valence-electron chi connectivity index (χ0n) is 21.1. The molecule has 1 fully saturated rings. The molecule has 0 atom stereocenters. The van der Waals surface area contributed by atoms with E-state index in [4.69, 9.17) is 14.2 Å². The van der Waals surface area contributed by atoms with Crippen LogP contribution in [0, 0.1) is 0 Å². The van der Waals surface area contributed by atoms with Crippen LogP contribution >= 0.6 is 0 Å². The molecule has 2 aromatic heterocycles. The summed E-state index contributed by atoms with van der Waals surface area (Å²) >= 11 is 0. The molecule has 3 heterocycles. The summed E-state index contributed by atoms with van der Waals surface area (Å²) in [5, 5.41) is 8.70. The Morgan fingerprint density at radius 3 is 2.49 bits per heavy atom. The van der Waals surface area contributed by atoms with Crippen LogP contribution < -0.4 is 19.1 Å². The van der Waals surface area contributed by atoms with Crippen molar-refractivity contribution in [2.45, 2.75) is 13.8 Å². The Balaban J connectivity index is 1.32. The van der Waals surface area contributed by atoms with Crippen molar-refractivity contribution in [1.82, 2.24) is 29.9 Å². The van der Waals surface area contributed by atoms with E-state index in [2.05, 4.69) is 25.2 Å². The number of fused-ring (bicyclic) bond motifs is 1. The van der Waals surface area contributed by atoms with Crippen molar-refractivity contribution in [2.75, 3.05) is 51.4 Å². The van der Waals surface area contributed by atoms with Gasteiger partial charge in [0, 0.05) is 37.8 Å². The standard InChI is InChI=1S/C26H29N7O4/c1-4-36-21-10-9-18(15-22(21)37-5-2)26(34)32-13-11-31(12-14-32)24-23-25(28-17-27-24)33(30-29-23)19-7-6-8-20(16-19)35-3/h6-10,15-17H,4-5,11-14H2,1-3H3. The Bertz CT molecular complexity index is 1400. The predicted octanol–water partition coefficient (Wildman–Crippen LogP) is 2.98. The molecule has 0 saturated carbocycles. The minimum atomic E-state index is -0.0412. The number of aromatic nitrogens is 5. The number of carbonyl (C=O) groups is 1. The summed E-state index contributed by atoms with van der Waals surface area (Å²) in [7, 11) is 1.62. The average molecular weight is 504 g/mol. The quantitative estimate of drug-likeness (QED) is 0.359. The molecule has 5 rings (SSSR count). The third-order valence-electron chi connectivity index (χ3n) is 6.17. The Labute approximate surface area is 214 Å². The van der Waals surface area contributed by atoms with E-state index in [0.717, 1.165) is 11.4 Å². The normalized spacial score (nSPS) is 13.6. The van der Waals surface area contributed by atoms with Gasteiger partial charge in [-0.3, -0.25) is 4.79 Å². The van der Waals surface area contributed by atoms with Gasteiger partial charge in [-0.2, -0.15) is 4.68 Å². The zero-order chi connectivity index (χ0) is 25.8. The molecule has 0 unspecified atom stereocenters. The van der Waals surface area contributed by atoms with Gasteiger partial charge in [0.05, 0.1) is 26.0 Å². The fourth-order valence-corrected chi connectivity index (χ4v) is 4.37. The first-order valence-electron chi connectivity index (χ1n) is 12.3. The van der Waals surface area contributed by atoms with E-state index in [1.54, 1.807) is 30.0 Å². The molecule has 0 radical (unpaired) electrons. The molecule has 1 aliphatic rings. The van der Waals surface area contributed by atoms with Crippen LogP contribution in [-0.2, 0) is 0 Å². The van der Waals surface area contributed by atoms with Crippen molar-refractivity contribution in [3.05, 3.63) is 54.4 Å². The minimum absolute atomic E-state index is 0.0412. The smallest absolute Gasteiger partial charge is 0.254 e. The van der Waals surface area contributed by atoms with Crippen molar-refractivity contribution in [1.29, 1.82) is 0 Å². The van der Waals surface area contributed by atoms with Gasteiger partial charge in [-0.1, -0.05) is 11.3 Å². The van der Waals surface area contributed by atoms with Crippen molar-refractivity contribution in [3.63, 3.8) is 0 Å². The predicted molar refractivity (Wildman–Crippen MR) is 138 cm³/mol. The summed E-state index contributed by atoms with van der Waals surface area (Å²) in [6.07, 6.45) is 1.52. The molecule has 4 aromatic rings. The van der Waals surface area contributed by atoms with Crippen LogP contribution in [0.5, 0.6) is 17.2 Å². The highest BCUT2D eigenvalue weighted by Gasteiger charge is 2.26. The Morgan fingerprint density at radius 2 is 1.73 bits per heavy atom. The number of hydrogen-bond donors (Lipinski definition) is 0. The van der Waals surface area contributed by atoms with Gasteiger partial charge in [0.15, 0.2) is 28.5 Å². The van der Waals surface area contributed by atoms with Crippen LogP contribution in [0.15, 0.2) is 48.8 Å². The highest BCUT2D eigenvalue weighted by Crippen LogP contribution is 2.30. The van der Waals surface area contributed by atoms with Crippen LogP contribution in [0.1, 0.15) is 24.2 Å². The summed E-state index contributed by atoms with van der Waals surface area (Å²) < 4.78 is 18.3. The van der Waals surface area contributed by atoms with Gasteiger partial charge < -0.3 is 24.0 Å². The molecule has 0 N–H and O–H groups in total. The molecule has 11 nitrogen and oxygen atoms in total. The van der Waals surface area contributed by atoms with E-state index in [9.17, 15) is 4.79 Å². The summed E-state index contributed by atoms with van der Waals surface area (Å²) in [5.74, 6) is 2.60. The van der Waals surface area contributed by atoms with Gasteiger partial charge in [-0.05, 0) is 44.2 Å². The Kier molecular flexibility index (Phi) is 7.02. The first-order valence-corrected chi connectivity index (χ1v) is 12.3. The lowest BCUT2D eigenvalue weighted by Gasteiger charge is -2.35. The van der Waals surface area contributed by atoms with Crippen molar-refractivity contribution >= 4 is 22.9 Å². The molecule has 37 heavy (non-hydrogen) atoms. The first kappa shape index (κ1) is 24.3. The average Bonchev–Trinajstić information content (AvgIpc) is 3.38. The van der Waals surface area contributed by atoms with Gasteiger partial charge >= 0.3 is 0 Å². The van der Waals surface area contributed by atoms with Crippen LogP contribution in [0.3, 0.4) is 0 Å². The summed E-state index contributed by atoms with van der Waals surface area (Å²) in [5.41, 5.74) is 2.59. The number of rotatable bonds is 8. The summed E-state index contributed by atoms with van der Waals surface area (Å²) in [6.45, 7) is 7.16. The summed E-state index contributed by atoms with van der Waals surface area (Å²) in [6, 6.07) is 12.9. The number of methoxy groups -OCH3 is 1. The van der Waals surface area contributed by atoms with Crippen molar-refractivity contribution < 1.29 is 19.0 Å². The SMILES string of the molecule is CCOc1ccc(C(=O)N2CCN(c3ncnc4c3nnn4-c3cccc(OC)c3)CC2)cc1OCC. The van der Waals surface area contributed by atoms with E-state index in [-0.39, 0.29) is 5.91 Å². The van der Waals surface area contributed by atoms with E-state index < -0.39 is 0 Å². The van der Waals surface area contributed by atoms with Gasteiger partial charge in [-0.25, -0.2) is 9.97 Å². The second kappa shape index (κ2) is 10.7. The van der Waals surface area contributed by atoms with E-state index in [1.807, 2.05) is 43.0 Å². The van der Waals surface area contributed by atoms with E-state index >= 15 is 0 Å². The van der Waals surface area contributed by atoms with Gasteiger partial charge in [0.2, 0.25) is 0 Å². The molecule has 1 saturated heterocycles. The lowest BCUT2D eigenvalue weighted by molar-refractivity contribution is 0.0746. The lowest BCUT2D eigenvalue weighted by atomic mass is 10.1. The maximum atomic E-state index is 13.2. The number of nitrogens with zero attached hydrogens (tertiary/aromatic N) is 7. The van der Waals surface area contributed by atoms with Gasteiger partial charge in [-0.15, -0.1) is 5.10 Å². The van der Waals surface area contributed by atoms with Gasteiger partial charge in [0.1, 0.15) is 12.1 Å². The molecule has 1 amide bonds. The number of benzene rings is 2. The zero-order valence-corrected chi connectivity index (χ0v) is 21.1. The van der Waals surface area contributed by atoms with Crippen LogP contribution in [0.4, 0.5) is 5.82 Å².